The van der Waals surface area contributed by atoms with Crippen LogP contribution in [0.5, 0.6) is 5.75 Å². The number of carboxylic acid groups (broad SMARTS) is 1. The summed E-state index contributed by atoms with van der Waals surface area (Å²) in [5.41, 5.74) is 2.42. The number of nitrogens with one attached hydrogen (secondary N) is 1. The molecule has 0 spiro atoms. The zero-order valence-corrected chi connectivity index (χ0v) is 14.3. The largest absolute Gasteiger partial charge is 0.481 e. The smallest absolute Gasteiger partial charge is 0.335 e. The molecular weight excluding hydrogens is 330 g/mol. The van der Waals surface area contributed by atoms with Gasteiger partial charge in [-0.3, -0.25) is 4.79 Å². The number of carbonyl (C=O) groups excluding carboxylic acids is 1. The Balaban J connectivity index is 2.03. The van der Waals surface area contributed by atoms with Crippen molar-refractivity contribution in [1.29, 1.82) is 0 Å². The van der Waals surface area contributed by atoms with Crippen LogP contribution in [0.3, 0.4) is 0 Å². The number of aromatic carboxylic acids is 1. The number of benzene rings is 2. The van der Waals surface area contributed by atoms with Gasteiger partial charge >= 0.3 is 5.97 Å². The molecule has 0 radical (unpaired) electrons. The number of carbonyl (C=O) groups is 2. The SMILES string of the molecule is Cc1cc(O[C@H](C)C(=O)Nc2ccc(C(=O)O)cc2)cc(C)c1Cl. The van der Waals surface area contributed by atoms with Crippen molar-refractivity contribution in [3.63, 3.8) is 0 Å². The van der Waals surface area contributed by atoms with E-state index in [0.29, 0.717) is 16.5 Å². The van der Waals surface area contributed by atoms with Crippen LogP contribution < -0.4 is 10.1 Å². The molecule has 0 saturated carbocycles. The molecule has 0 aliphatic heterocycles. The standard InChI is InChI=1S/C18H18ClNO4/c1-10-8-15(9-11(2)16(10)19)24-12(3)17(21)20-14-6-4-13(5-7-14)18(22)23/h4-9,12H,1-3H3,(H,20,21)(H,22,23)/t12-/m1/s1. The van der Waals surface area contributed by atoms with Gasteiger partial charge in [0.05, 0.1) is 5.56 Å². The number of ether oxygens (including phenoxy) is 1. The lowest BCUT2D eigenvalue weighted by Crippen LogP contribution is -2.30. The monoisotopic (exact) mass is 347 g/mol. The number of aryl methyl sites for hydroxylation is 2. The van der Waals surface area contributed by atoms with E-state index in [4.69, 9.17) is 21.4 Å². The molecule has 0 fully saturated rings. The van der Waals surface area contributed by atoms with Gasteiger partial charge in [-0.2, -0.15) is 0 Å². The van der Waals surface area contributed by atoms with Gasteiger partial charge in [0.1, 0.15) is 5.75 Å². The average molecular weight is 348 g/mol. The summed E-state index contributed by atoms with van der Waals surface area (Å²) in [5, 5.41) is 12.2. The Morgan fingerprint density at radius 2 is 1.67 bits per heavy atom. The van der Waals surface area contributed by atoms with Gasteiger partial charge in [-0.15, -0.1) is 0 Å². The molecule has 1 amide bonds. The summed E-state index contributed by atoms with van der Waals surface area (Å²) >= 11 is 6.11. The van der Waals surface area contributed by atoms with Crippen LogP contribution in [0.2, 0.25) is 5.02 Å². The molecule has 2 aromatic carbocycles. The topological polar surface area (TPSA) is 75.6 Å². The fraction of sp³-hybridized carbons (Fsp3) is 0.222. The van der Waals surface area contributed by atoms with Crippen LogP contribution in [0.1, 0.15) is 28.4 Å². The Morgan fingerprint density at radius 1 is 1.12 bits per heavy atom. The molecule has 1 atom stereocenters. The first-order valence-corrected chi connectivity index (χ1v) is 7.73. The van der Waals surface area contributed by atoms with Gasteiger partial charge in [-0.1, -0.05) is 11.6 Å². The lowest BCUT2D eigenvalue weighted by Gasteiger charge is -2.16. The van der Waals surface area contributed by atoms with Gasteiger partial charge in [0.25, 0.3) is 5.91 Å². The highest BCUT2D eigenvalue weighted by Crippen LogP contribution is 2.26. The van der Waals surface area contributed by atoms with Crippen LogP contribution in [-0.4, -0.2) is 23.1 Å². The zero-order chi connectivity index (χ0) is 17.9. The molecule has 0 bridgehead atoms. The Kier molecular flexibility index (Phi) is 5.46. The first-order chi connectivity index (χ1) is 11.3. The third kappa shape index (κ3) is 4.26. The highest BCUT2D eigenvalue weighted by molar-refractivity contribution is 6.32. The van der Waals surface area contributed by atoms with Gasteiger partial charge in [-0.25, -0.2) is 4.79 Å². The second-order valence-electron chi connectivity index (χ2n) is 5.50. The van der Waals surface area contributed by atoms with Crippen molar-refractivity contribution in [1.82, 2.24) is 0 Å². The van der Waals surface area contributed by atoms with E-state index in [0.717, 1.165) is 11.1 Å². The molecule has 0 saturated heterocycles. The van der Waals surface area contributed by atoms with E-state index in [1.54, 1.807) is 19.1 Å². The number of amides is 1. The molecule has 5 nitrogen and oxygen atoms in total. The Bertz CT molecular complexity index is 748. The third-order valence-corrected chi connectivity index (χ3v) is 4.09. The maximum Gasteiger partial charge on any atom is 0.335 e. The van der Waals surface area contributed by atoms with Crippen LogP contribution in [0.4, 0.5) is 5.69 Å². The van der Waals surface area contributed by atoms with Crippen LogP contribution >= 0.6 is 11.6 Å². The molecule has 0 aromatic heterocycles. The van der Waals surface area contributed by atoms with Gasteiger partial charge in [0, 0.05) is 10.7 Å². The van der Waals surface area contributed by atoms with E-state index in [9.17, 15) is 9.59 Å². The third-order valence-electron chi connectivity index (χ3n) is 3.49. The second kappa shape index (κ2) is 7.36. The average Bonchev–Trinajstić information content (AvgIpc) is 2.52. The minimum absolute atomic E-state index is 0.157. The first kappa shape index (κ1) is 17.8. The van der Waals surface area contributed by atoms with Crippen LogP contribution in [0.25, 0.3) is 0 Å². The predicted octanol–water partition coefficient (Wildman–Crippen LogP) is 4.06. The molecule has 2 aromatic rings. The van der Waals surface area contributed by atoms with Crippen molar-refractivity contribution in [2.75, 3.05) is 5.32 Å². The molecule has 0 heterocycles. The fourth-order valence-corrected chi connectivity index (χ4v) is 2.28. The van der Waals surface area contributed by atoms with E-state index in [1.165, 1.54) is 24.3 Å². The van der Waals surface area contributed by atoms with Gasteiger partial charge < -0.3 is 15.2 Å². The van der Waals surface area contributed by atoms with Crippen LogP contribution in [0, 0.1) is 13.8 Å². The molecule has 126 valence electrons. The number of anilines is 1. The van der Waals surface area contributed by atoms with E-state index >= 15 is 0 Å². The van der Waals surface area contributed by atoms with Crippen molar-refractivity contribution in [3.05, 3.63) is 58.1 Å². The minimum Gasteiger partial charge on any atom is -0.481 e. The summed E-state index contributed by atoms with van der Waals surface area (Å²) in [6.07, 6.45) is -0.718. The minimum atomic E-state index is -1.02. The van der Waals surface area contributed by atoms with Crippen molar-refractivity contribution < 1.29 is 19.4 Å². The predicted molar refractivity (Wildman–Crippen MR) is 93.0 cm³/mol. The molecule has 6 heteroatoms. The maximum absolute atomic E-state index is 12.2. The number of hydrogen-bond acceptors (Lipinski definition) is 3. The normalized spacial score (nSPS) is 11.7. The van der Waals surface area contributed by atoms with Gasteiger partial charge in [0.15, 0.2) is 6.10 Å². The second-order valence-corrected chi connectivity index (χ2v) is 5.88. The van der Waals surface area contributed by atoms with Crippen molar-refractivity contribution in [3.8, 4) is 5.75 Å². The number of carboxylic acids is 1. The summed E-state index contributed by atoms with van der Waals surface area (Å²) < 4.78 is 5.66. The van der Waals surface area contributed by atoms with Crippen LogP contribution in [0.15, 0.2) is 36.4 Å². The Morgan fingerprint density at radius 3 is 2.17 bits per heavy atom. The van der Waals surface area contributed by atoms with Gasteiger partial charge in [-0.05, 0) is 68.3 Å². The summed E-state index contributed by atoms with van der Waals surface area (Å²) in [4.78, 5) is 23.0. The summed E-state index contributed by atoms with van der Waals surface area (Å²) in [6, 6.07) is 9.47. The Hall–Kier alpha value is -2.53. The number of rotatable bonds is 5. The summed E-state index contributed by atoms with van der Waals surface area (Å²) in [5.74, 6) is -0.778. The van der Waals surface area contributed by atoms with Crippen molar-refractivity contribution >= 4 is 29.2 Å². The van der Waals surface area contributed by atoms with E-state index in [1.807, 2.05) is 13.8 Å². The zero-order valence-electron chi connectivity index (χ0n) is 13.6. The summed E-state index contributed by atoms with van der Waals surface area (Å²) in [7, 11) is 0. The lowest BCUT2D eigenvalue weighted by atomic mass is 10.1. The molecule has 0 aliphatic carbocycles. The molecule has 24 heavy (non-hydrogen) atoms. The van der Waals surface area contributed by atoms with Crippen molar-refractivity contribution in [2.45, 2.75) is 26.9 Å². The quantitative estimate of drug-likeness (QED) is 0.855. The number of hydrogen-bond donors (Lipinski definition) is 2. The molecule has 0 aliphatic rings. The fourth-order valence-electron chi connectivity index (χ4n) is 2.17. The number of halogens is 1. The van der Waals surface area contributed by atoms with Crippen LogP contribution in [-0.2, 0) is 4.79 Å². The lowest BCUT2D eigenvalue weighted by molar-refractivity contribution is -0.122. The van der Waals surface area contributed by atoms with E-state index < -0.39 is 12.1 Å². The highest BCUT2D eigenvalue weighted by Gasteiger charge is 2.16. The van der Waals surface area contributed by atoms with E-state index in [2.05, 4.69) is 5.32 Å². The molecule has 2 N–H and O–H groups in total. The molecular formula is C18H18ClNO4. The first-order valence-electron chi connectivity index (χ1n) is 7.35. The van der Waals surface area contributed by atoms with E-state index in [-0.39, 0.29) is 11.5 Å². The van der Waals surface area contributed by atoms with Crippen molar-refractivity contribution in [2.24, 2.45) is 0 Å². The molecule has 2 rings (SSSR count). The van der Waals surface area contributed by atoms with Gasteiger partial charge in [0.2, 0.25) is 0 Å². The highest BCUT2D eigenvalue weighted by atomic mass is 35.5. The Labute approximate surface area is 145 Å². The molecule has 0 unspecified atom stereocenters. The summed E-state index contributed by atoms with van der Waals surface area (Å²) in [6.45, 7) is 5.38. The maximum atomic E-state index is 12.2.